The van der Waals surface area contributed by atoms with Crippen molar-refractivity contribution in [3.8, 4) is 5.75 Å². The van der Waals surface area contributed by atoms with E-state index in [4.69, 9.17) is 9.15 Å². The van der Waals surface area contributed by atoms with E-state index in [1.807, 2.05) is 39.0 Å². The summed E-state index contributed by atoms with van der Waals surface area (Å²) < 4.78 is 10.1. The van der Waals surface area contributed by atoms with Crippen molar-refractivity contribution in [1.29, 1.82) is 0 Å². The lowest BCUT2D eigenvalue weighted by Gasteiger charge is -2.19. The van der Waals surface area contributed by atoms with E-state index >= 15 is 0 Å². The van der Waals surface area contributed by atoms with Crippen LogP contribution in [-0.4, -0.2) is 23.0 Å². The SMILES string of the molecule is COc1coc(C(=O)NC(c2nc3ccc(C)cc3[nH]2)C(C)C)cc1=O. The number of aryl methyl sites for hydroxylation is 1. The number of methoxy groups -OCH3 is 1. The van der Waals surface area contributed by atoms with Crippen molar-refractivity contribution in [2.24, 2.45) is 5.92 Å². The van der Waals surface area contributed by atoms with Crippen LogP contribution in [0.1, 0.15) is 41.8 Å². The highest BCUT2D eigenvalue weighted by Crippen LogP contribution is 2.23. The molecule has 0 radical (unpaired) electrons. The number of nitrogens with zero attached hydrogens (tertiary/aromatic N) is 1. The number of rotatable bonds is 5. The second-order valence-corrected chi connectivity index (χ2v) is 6.51. The number of fused-ring (bicyclic) bond motifs is 1. The molecule has 1 atom stereocenters. The Labute approximate surface area is 150 Å². The van der Waals surface area contributed by atoms with Gasteiger partial charge in [-0.1, -0.05) is 19.9 Å². The third-order valence-electron chi connectivity index (χ3n) is 4.15. The van der Waals surface area contributed by atoms with Crippen LogP contribution in [0.3, 0.4) is 0 Å². The fourth-order valence-corrected chi connectivity index (χ4v) is 2.72. The number of benzene rings is 1. The molecule has 7 heteroatoms. The van der Waals surface area contributed by atoms with E-state index in [0.717, 1.165) is 28.9 Å². The van der Waals surface area contributed by atoms with Gasteiger partial charge in [0.25, 0.3) is 5.91 Å². The first-order chi connectivity index (χ1) is 12.4. The molecule has 1 amide bonds. The zero-order chi connectivity index (χ0) is 18.8. The summed E-state index contributed by atoms with van der Waals surface area (Å²) >= 11 is 0. The lowest BCUT2D eigenvalue weighted by Crippen LogP contribution is -2.33. The summed E-state index contributed by atoms with van der Waals surface area (Å²) in [4.78, 5) is 32.2. The quantitative estimate of drug-likeness (QED) is 0.733. The van der Waals surface area contributed by atoms with Gasteiger partial charge in [-0.05, 0) is 30.5 Å². The van der Waals surface area contributed by atoms with Gasteiger partial charge < -0.3 is 19.5 Å². The molecule has 3 aromatic rings. The molecule has 0 spiro atoms. The number of aromatic amines is 1. The fourth-order valence-electron chi connectivity index (χ4n) is 2.72. The number of amides is 1. The van der Waals surface area contributed by atoms with E-state index < -0.39 is 11.3 Å². The van der Waals surface area contributed by atoms with E-state index in [-0.39, 0.29) is 23.5 Å². The van der Waals surface area contributed by atoms with E-state index in [9.17, 15) is 9.59 Å². The van der Waals surface area contributed by atoms with Crippen molar-refractivity contribution in [3.05, 3.63) is 57.9 Å². The molecule has 26 heavy (non-hydrogen) atoms. The van der Waals surface area contributed by atoms with Gasteiger partial charge in [-0.15, -0.1) is 0 Å². The molecule has 0 saturated carbocycles. The van der Waals surface area contributed by atoms with Crippen LogP contribution in [0.15, 0.2) is 39.7 Å². The van der Waals surface area contributed by atoms with Crippen LogP contribution in [0, 0.1) is 12.8 Å². The summed E-state index contributed by atoms with van der Waals surface area (Å²) in [5.74, 6) is 0.221. The van der Waals surface area contributed by atoms with Gasteiger partial charge in [0.05, 0.1) is 24.2 Å². The van der Waals surface area contributed by atoms with Crippen molar-refractivity contribution < 1.29 is 13.9 Å². The number of hydrogen-bond acceptors (Lipinski definition) is 5. The molecule has 3 rings (SSSR count). The average Bonchev–Trinajstić information content (AvgIpc) is 3.01. The normalized spacial score (nSPS) is 12.3. The molecule has 7 nitrogen and oxygen atoms in total. The number of nitrogens with one attached hydrogen (secondary N) is 2. The number of ether oxygens (including phenoxy) is 1. The Balaban J connectivity index is 1.89. The fraction of sp³-hybridized carbons (Fsp3) is 0.316. The molecular weight excluding hydrogens is 334 g/mol. The van der Waals surface area contributed by atoms with Crippen LogP contribution in [0.2, 0.25) is 0 Å². The van der Waals surface area contributed by atoms with Gasteiger partial charge in [-0.25, -0.2) is 4.98 Å². The zero-order valence-electron chi connectivity index (χ0n) is 15.1. The molecule has 1 unspecified atom stereocenters. The van der Waals surface area contributed by atoms with E-state index in [1.165, 1.54) is 7.11 Å². The van der Waals surface area contributed by atoms with Crippen LogP contribution in [-0.2, 0) is 0 Å². The van der Waals surface area contributed by atoms with Gasteiger partial charge in [-0.2, -0.15) is 0 Å². The van der Waals surface area contributed by atoms with Crippen molar-refractivity contribution in [2.45, 2.75) is 26.8 Å². The second-order valence-electron chi connectivity index (χ2n) is 6.51. The van der Waals surface area contributed by atoms with E-state index in [1.54, 1.807) is 0 Å². The Morgan fingerprint density at radius 1 is 1.31 bits per heavy atom. The van der Waals surface area contributed by atoms with Gasteiger partial charge in [-0.3, -0.25) is 9.59 Å². The first-order valence-corrected chi connectivity index (χ1v) is 8.33. The van der Waals surface area contributed by atoms with E-state index in [2.05, 4.69) is 15.3 Å². The van der Waals surface area contributed by atoms with Gasteiger partial charge in [0.15, 0.2) is 5.76 Å². The molecule has 0 aliphatic rings. The summed E-state index contributed by atoms with van der Waals surface area (Å²) in [5, 5.41) is 2.88. The predicted molar refractivity (Wildman–Crippen MR) is 97.4 cm³/mol. The van der Waals surface area contributed by atoms with Crippen LogP contribution in [0.4, 0.5) is 0 Å². The first kappa shape index (κ1) is 17.7. The molecule has 2 N–H and O–H groups in total. The third-order valence-corrected chi connectivity index (χ3v) is 4.15. The third kappa shape index (κ3) is 3.46. The van der Waals surface area contributed by atoms with Crippen LogP contribution in [0.5, 0.6) is 5.75 Å². The van der Waals surface area contributed by atoms with Gasteiger partial charge in [0, 0.05) is 6.07 Å². The number of H-pyrrole nitrogens is 1. The van der Waals surface area contributed by atoms with Crippen molar-refractivity contribution in [2.75, 3.05) is 7.11 Å². The van der Waals surface area contributed by atoms with Crippen LogP contribution >= 0.6 is 0 Å². The highest BCUT2D eigenvalue weighted by atomic mass is 16.5. The average molecular weight is 355 g/mol. The van der Waals surface area contributed by atoms with Crippen molar-refractivity contribution in [3.63, 3.8) is 0 Å². The predicted octanol–water partition coefficient (Wildman–Crippen LogP) is 2.96. The Kier molecular flexibility index (Phi) is 4.79. The molecule has 0 aliphatic heterocycles. The molecule has 0 saturated heterocycles. The highest BCUT2D eigenvalue weighted by Gasteiger charge is 2.24. The minimum atomic E-state index is -0.486. The van der Waals surface area contributed by atoms with Crippen LogP contribution < -0.4 is 15.5 Å². The number of imidazole rings is 1. The number of aromatic nitrogens is 2. The Morgan fingerprint density at radius 2 is 2.08 bits per heavy atom. The zero-order valence-corrected chi connectivity index (χ0v) is 15.1. The first-order valence-electron chi connectivity index (χ1n) is 8.33. The Hall–Kier alpha value is -3.09. The molecule has 2 heterocycles. The Bertz CT molecular complexity index is 1000. The summed E-state index contributed by atoms with van der Waals surface area (Å²) in [6.45, 7) is 5.97. The summed E-state index contributed by atoms with van der Waals surface area (Å²) in [5.41, 5.74) is 2.46. The van der Waals surface area contributed by atoms with Crippen molar-refractivity contribution in [1.82, 2.24) is 15.3 Å². The minimum absolute atomic E-state index is 0.0506. The van der Waals surface area contributed by atoms with Crippen LogP contribution in [0.25, 0.3) is 11.0 Å². The molecule has 0 bridgehead atoms. The molecule has 136 valence electrons. The largest absolute Gasteiger partial charge is 0.490 e. The summed E-state index contributed by atoms with van der Waals surface area (Å²) in [6.07, 6.45) is 1.13. The molecular formula is C19H21N3O4. The lowest BCUT2D eigenvalue weighted by atomic mass is 10.0. The topological polar surface area (TPSA) is 97.2 Å². The number of carbonyl (C=O) groups is 1. The lowest BCUT2D eigenvalue weighted by molar-refractivity contribution is 0.0892. The maximum atomic E-state index is 12.5. The minimum Gasteiger partial charge on any atom is -0.490 e. The number of carbonyl (C=O) groups excluding carboxylic acids is 1. The monoisotopic (exact) mass is 355 g/mol. The Morgan fingerprint density at radius 3 is 2.73 bits per heavy atom. The van der Waals surface area contributed by atoms with E-state index in [0.29, 0.717) is 5.82 Å². The summed E-state index contributed by atoms with van der Waals surface area (Å²) in [6, 6.07) is 6.69. The standard InChI is InChI=1S/C19H21N3O4/c1-10(2)17(18-20-12-6-5-11(3)7-13(12)21-18)22-19(24)15-8-14(23)16(25-4)9-26-15/h5-10,17H,1-4H3,(H,20,21)(H,22,24). The molecule has 2 aromatic heterocycles. The molecule has 0 aliphatic carbocycles. The van der Waals surface area contributed by atoms with Gasteiger partial charge in [0.2, 0.25) is 11.2 Å². The number of hydrogen-bond donors (Lipinski definition) is 2. The van der Waals surface area contributed by atoms with Crippen molar-refractivity contribution >= 4 is 16.9 Å². The maximum absolute atomic E-state index is 12.5. The highest BCUT2D eigenvalue weighted by molar-refractivity contribution is 5.91. The smallest absolute Gasteiger partial charge is 0.287 e. The second kappa shape index (κ2) is 7.03. The summed E-state index contributed by atoms with van der Waals surface area (Å²) in [7, 11) is 1.37. The van der Waals surface area contributed by atoms with Gasteiger partial charge >= 0.3 is 0 Å². The molecule has 1 aromatic carbocycles. The van der Waals surface area contributed by atoms with Gasteiger partial charge in [0.1, 0.15) is 12.1 Å². The molecule has 0 fully saturated rings. The maximum Gasteiger partial charge on any atom is 0.287 e.